The number of aromatic amines is 1. The van der Waals surface area contributed by atoms with Crippen LogP contribution in [0.4, 0.5) is 5.82 Å². The predicted octanol–water partition coefficient (Wildman–Crippen LogP) is 1.49. The second-order valence-corrected chi connectivity index (χ2v) is 6.56. The molecule has 1 aromatic heterocycles. The van der Waals surface area contributed by atoms with Crippen molar-refractivity contribution in [1.82, 2.24) is 15.3 Å². The lowest BCUT2D eigenvalue weighted by molar-refractivity contribution is 0.239. The van der Waals surface area contributed by atoms with Gasteiger partial charge in [0.25, 0.3) is 5.56 Å². The van der Waals surface area contributed by atoms with Crippen LogP contribution in [0.1, 0.15) is 32.1 Å². The number of piperazine rings is 1. The van der Waals surface area contributed by atoms with Crippen molar-refractivity contribution >= 4 is 28.4 Å². The van der Waals surface area contributed by atoms with E-state index in [9.17, 15) is 4.79 Å². The third-order valence-electron chi connectivity index (χ3n) is 4.36. The molecule has 1 aromatic rings. The summed E-state index contributed by atoms with van der Waals surface area (Å²) in [4.78, 5) is 21.3. The van der Waals surface area contributed by atoms with E-state index >= 15 is 0 Å². The zero-order valence-electron chi connectivity index (χ0n) is 10.9. The molecule has 0 unspecified atom stereocenters. The van der Waals surface area contributed by atoms with Crippen LogP contribution in [0.2, 0.25) is 0 Å². The molecule has 0 radical (unpaired) electrons. The molecule has 0 bridgehead atoms. The smallest absolute Gasteiger partial charge is 0.266 e. The fraction of sp³-hybridized carbons (Fsp3) is 0.692. The van der Waals surface area contributed by atoms with Crippen LogP contribution < -0.4 is 15.8 Å². The lowest BCUT2D eigenvalue weighted by Crippen LogP contribution is -2.63. The quantitative estimate of drug-likeness (QED) is 0.732. The van der Waals surface area contributed by atoms with Crippen molar-refractivity contribution in [3.8, 4) is 0 Å². The Hall–Kier alpha value is -0.630. The van der Waals surface area contributed by atoms with Crippen LogP contribution in [-0.4, -0.2) is 35.1 Å². The van der Waals surface area contributed by atoms with Crippen molar-refractivity contribution in [2.24, 2.45) is 0 Å². The molecule has 2 aliphatic rings. The number of nitrogens with one attached hydrogen (secondary N) is 2. The maximum absolute atomic E-state index is 11.8. The number of anilines is 1. The van der Waals surface area contributed by atoms with Crippen molar-refractivity contribution in [2.75, 3.05) is 24.5 Å². The average Bonchev–Trinajstić information content (AvgIpc) is 2.44. The molecular formula is C13H19IN4O. The molecule has 19 heavy (non-hydrogen) atoms. The fourth-order valence-corrected chi connectivity index (χ4v) is 3.98. The van der Waals surface area contributed by atoms with Crippen LogP contribution in [-0.2, 0) is 0 Å². The third kappa shape index (κ3) is 2.40. The van der Waals surface area contributed by atoms with Crippen LogP contribution in [0.5, 0.6) is 0 Å². The van der Waals surface area contributed by atoms with E-state index in [4.69, 9.17) is 0 Å². The van der Waals surface area contributed by atoms with Gasteiger partial charge in [0, 0.05) is 19.6 Å². The minimum atomic E-state index is -0.0323. The van der Waals surface area contributed by atoms with Crippen LogP contribution >= 0.6 is 22.6 Å². The molecule has 104 valence electrons. The van der Waals surface area contributed by atoms with Crippen molar-refractivity contribution in [3.05, 3.63) is 20.3 Å². The molecule has 1 saturated heterocycles. The zero-order chi connectivity index (χ0) is 13.3. The highest BCUT2D eigenvalue weighted by atomic mass is 127. The summed E-state index contributed by atoms with van der Waals surface area (Å²) in [6.07, 6.45) is 7.80. The second-order valence-electron chi connectivity index (χ2n) is 5.48. The third-order valence-corrected chi connectivity index (χ3v) is 5.33. The summed E-state index contributed by atoms with van der Waals surface area (Å²) in [6, 6.07) is 0. The number of rotatable bonds is 1. The highest BCUT2D eigenvalue weighted by Crippen LogP contribution is 2.37. The number of H-pyrrole nitrogens is 1. The molecular weight excluding hydrogens is 355 g/mol. The topological polar surface area (TPSA) is 61.0 Å². The Labute approximate surface area is 126 Å². The minimum absolute atomic E-state index is 0.0323. The fourth-order valence-electron chi connectivity index (χ4n) is 3.39. The van der Waals surface area contributed by atoms with Gasteiger partial charge >= 0.3 is 0 Å². The van der Waals surface area contributed by atoms with Crippen LogP contribution in [0.15, 0.2) is 11.1 Å². The van der Waals surface area contributed by atoms with E-state index in [0.717, 1.165) is 25.5 Å². The molecule has 6 heteroatoms. The molecule has 1 spiro atoms. The molecule has 1 aliphatic heterocycles. The predicted molar refractivity (Wildman–Crippen MR) is 83.6 cm³/mol. The van der Waals surface area contributed by atoms with Gasteiger partial charge in [0.05, 0.1) is 11.9 Å². The lowest BCUT2D eigenvalue weighted by Gasteiger charge is -2.50. The molecule has 1 saturated carbocycles. The Balaban J connectivity index is 2.00. The first-order valence-corrected chi connectivity index (χ1v) is 8.02. The van der Waals surface area contributed by atoms with E-state index in [1.54, 1.807) is 0 Å². The van der Waals surface area contributed by atoms with E-state index in [-0.39, 0.29) is 11.1 Å². The standard InChI is InChI=1S/C13H19IN4O/c14-10-11(16-9-17-12(10)19)18-7-6-15-8-13(18)4-2-1-3-5-13/h9,15H,1-8H2,(H,16,17,19). The van der Waals surface area contributed by atoms with Gasteiger partial charge in [0.2, 0.25) is 0 Å². The monoisotopic (exact) mass is 374 g/mol. The van der Waals surface area contributed by atoms with E-state index in [1.807, 2.05) is 0 Å². The summed E-state index contributed by atoms with van der Waals surface area (Å²) in [5, 5.41) is 3.52. The maximum Gasteiger partial charge on any atom is 0.266 e. The average molecular weight is 374 g/mol. The SMILES string of the molecule is O=c1[nH]cnc(N2CCNCC23CCCCC3)c1I. The summed E-state index contributed by atoms with van der Waals surface area (Å²) in [5.41, 5.74) is 0.132. The first-order valence-electron chi connectivity index (χ1n) is 6.94. The van der Waals surface area contributed by atoms with Gasteiger partial charge in [-0.3, -0.25) is 4.79 Å². The molecule has 0 atom stereocenters. The molecule has 5 nitrogen and oxygen atoms in total. The van der Waals surface area contributed by atoms with Gasteiger partial charge < -0.3 is 15.2 Å². The van der Waals surface area contributed by atoms with Gasteiger partial charge in [-0.1, -0.05) is 19.3 Å². The summed E-state index contributed by atoms with van der Waals surface area (Å²) in [7, 11) is 0. The maximum atomic E-state index is 11.8. The van der Waals surface area contributed by atoms with E-state index < -0.39 is 0 Å². The second kappa shape index (κ2) is 5.40. The van der Waals surface area contributed by atoms with Gasteiger partial charge in [0.1, 0.15) is 9.39 Å². The first kappa shape index (κ1) is 13.4. The number of hydrogen-bond donors (Lipinski definition) is 2. The van der Waals surface area contributed by atoms with E-state index in [1.165, 1.54) is 38.4 Å². The summed E-state index contributed by atoms with van der Waals surface area (Å²) >= 11 is 2.12. The number of aromatic nitrogens is 2. The summed E-state index contributed by atoms with van der Waals surface area (Å²) < 4.78 is 0.715. The summed E-state index contributed by atoms with van der Waals surface area (Å²) in [6.45, 7) is 2.91. The van der Waals surface area contributed by atoms with Gasteiger partial charge in [-0.05, 0) is 35.4 Å². The van der Waals surface area contributed by atoms with Crippen molar-refractivity contribution in [1.29, 1.82) is 0 Å². The van der Waals surface area contributed by atoms with Gasteiger partial charge in [-0.25, -0.2) is 4.98 Å². The molecule has 0 amide bonds. The Bertz CT molecular complexity index is 501. The largest absolute Gasteiger partial charge is 0.347 e. The Morgan fingerprint density at radius 1 is 1.32 bits per heavy atom. The Morgan fingerprint density at radius 3 is 2.89 bits per heavy atom. The van der Waals surface area contributed by atoms with Crippen molar-refractivity contribution < 1.29 is 0 Å². The van der Waals surface area contributed by atoms with Gasteiger partial charge in [-0.15, -0.1) is 0 Å². The van der Waals surface area contributed by atoms with E-state index in [0.29, 0.717) is 3.57 Å². The highest BCUT2D eigenvalue weighted by Gasteiger charge is 2.41. The van der Waals surface area contributed by atoms with Crippen LogP contribution in [0.3, 0.4) is 0 Å². The van der Waals surface area contributed by atoms with Gasteiger partial charge in [0.15, 0.2) is 0 Å². The number of halogens is 1. The normalized spacial score (nSPS) is 22.7. The lowest BCUT2D eigenvalue weighted by atomic mass is 9.79. The Kier molecular flexibility index (Phi) is 3.79. The molecule has 1 aliphatic carbocycles. The van der Waals surface area contributed by atoms with Crippen LogP contribution in [0, 0.1) is 3.57 Å². The van der Waals surface area contributed by atoms with Crippen LogP contribution in [0.25, 0.3) is 0 Å². The molecule has 0 aromatic carbocycles. The number of nitrogens with zero attached hydrogens (tertiary/aromatic N) is 2. The molecule has 3 rings (SSSR count). The first-order chi connectivity index (χ1) is 9.23. The summed E-state index contributed by atoms with van der Waals surface area (Å²) in [5.74, 6) is 0.868. The highest BCUT2D eigenvalue weighted by molar-refractivity contribution is 14.1. The molecule has 2 N–H and O–H groups in total. The molecule has 2 fully saturated rings. The number of hydrogen-bond acceptors (Lipinski definition) is 4. The van der Waals surface area contributed by atoms with Gasteiger partial charge in [-0.2, -0.15) is 0 Å². The minimum Gasteiger partial charge on any atom is -0.347 e. The van der Waals surface area contributed by atoms with Crippen molar-refractivity contribution in [3.63, 3.8) is 0 Å². The molecule has 2 heterocycles. The Morgan fingerprint density at radius 2 is 2.11 bits per heavy atom. The zero-order valence-corrected chi connectivity index (χ0v) is 13.1. The van der Waals surface area contributed by atoms with E-state index in [2.05, 4.69) is 42.8 Å². The van der Waals surface area contributed by atoms with Crippen molar-refractivity contribution in [2.45, 2.75) is 37.6 Å².